The topological polar surface area (TPSA) is 15.3 Å². The molecule has 0 aliphatic rings. The van der Waals surface area contributed by atoms with Crippen molar-refractivity contribution in [3.8, 4) is 0 Å². The SMILES string of the molecule is CNCCC(c1ccc(C(C)(C)C)cc1C)N(C)C. The van der Waals surface area contributed by atoms with Gasteiger partial charge in [-0.2, -0.15) is 0 Å². The maximum absolute atomic E-state index is 3.25. The average Bonchev–Trinajstić information content (AvgIpc) is 2.29. The van der Waals surface area contributed by atoms with Gasteiger partial charge in [-0.15, -0.1) is 0 Å². The highest BCUT2D eigenvalue weighted by molar-refractivity contribution is 5.36. The molecule has 0 fully saturated rings. The fourth-order valence-corrected chi connectivity index (χ4v) is 2.49. The van der Waals surface area contributed by atoms with Crippen LogP contribution >= 0.6 is 0 Å². The number of aryl methyl sites for hydroxylation is 1. The highest BCUT2D eigenvalue weighted by Crippen LogP contribution is 2.29. The van der Waals surface area contributed by atoms with Gasteiger partial charge in [0.1, 0.15) is 0 Å². The van der Waals surface area contributed by atoms with E-state index in [9.17, 15) is 0 Å². The zero-order valence-corrected chi connectivity index (χ0v) is 13.7. The minimum Gasteiger partial charge on any atom is -0.320 e. The van der Waals surface area contributed by atoms with Crippen LogP contribution in [0.25, 0.3) is 0 Å². The quantitative estimate of drug-likeness (QED) is 0.873. The Labute approximate surface area is 119 Å². The van der Waals surface area contributed by atoms with Crippen molar-refractivity contribution in [2.24, 2.45) is 0 Å². The molecule has 1 atom stereocenters. The molecule has 1 aromatic carbocycles. The lowest BCUT2D eigenvalue weighted by atomic mass is 9.84. The Kier molecular flexibility index (Phi) is 5.57. The second-order valence-electron chi connectivity index (χ2n) is 6.69. The Bertz CT molecular complexity index is 402. The van der Waals surface area contributed by atoms with Crippen LogP contribution in [-0.2, 0) is 5.41 Å². The summed E-state index contributed by atoms with van der Waals surface area (Å²) >= 11 is 0. The van der Waals surface area contributed by atoms with Crippen molar-refractivity contribution in [3.05, 3.63) is 34.9 Å². The third-order valence-corrected chi connectivity index (χ3v) is 3.79. The van der Waals surface area contributed by atoms with Crippen LogP contribution in [0.5, 0.6) is 0 Å². The van der Waals surface area contributed by atoms with E-state index < -0.39 is 0 Å². The van der Waals surface area contributed by atoms with Crippen molar-refractivity contribution >= 4 is 0 Å². The molecule has 0 aromatic heterocycles. The molecule has 0 aliphatic carbocycles. The van der Waals surface area contributed by atoms with Gasteiger partial charge in [0.15, 0.2) is 0 Å². The summed E-state index contributed by atoms with van der Waals surface area (Å²) in [6.45, 7) is 10.1. The number of hydrogen-bond acceptors (Lipinski definition) is 2. The Balaban J connectivity index is 3.05. The van der Waals surface area contributed by atoms with Gasteiger partial charge in [-0.05, 0) is 63.1 Å². The second kappa shape index (κ2) is 6.53. The standard InChI is InChI=1S/C17H30N2/c1-13-12-14(17(2,3)4)8-9-15(13)16(19(6)7)10-11-18-5/h8-9,12,16,18H,10-11H2,1-7H3. The van der Waals surface area contributed by atoms with E-state index in [1.165, 1.54) is 16.7 Å². The Morgan fingerprint density at radius 2 is 1.84 bits per heavy atom. The molecular formula is C17H30N2. The van der Waals surface area contributed by atoms with E-state index in [1.807, 2.05) is 7.05 Å². The molecule has 19 heavy (non-hydrogen) atoms. The average molecular weight is 262 g/mol. The number of nitrogens with one attached hydrogen (secondary N) is 1. The van der Waals surface area contributed by atoms with E-state index in [0.29, 0.717) is 6.04 Å². The van der Waals surface area contributed by atoms with E-state index in [4.69, 9.17) is 0 Å². The number of benzene rings is 1. The monoisotopic (exact) mass is 262 g/mol. The molecule has 2 heteroatoms. The van der Waals surface area contributed by atoms with Crippen LogP contribution in [0.1, 0.15) is 49.9 Å². The van der Waals surface area contributed by atoms with Crippen molar-refractivity contribution in [1.29, 1.82) is 0 Å². The van der Waals surface area contributed by atoms with Crippen LogP contribution in [-0.4, -0.2) is 32.6 Å². The highest BCUT2D eigenvalue weighted by atomic mass is 15.1. The largest absolute Gasteiger partial charge is 0.320 e. The lowest BCUT2D eigenvalue weighted by Crippen LogP contribution is -2.25. The highest BCUT2D eigenvalue weighted by Gasteiger charge is 2.19. The molecule has 0 radical (unpaired) electrons. The van der Waals surface area contributed by atoms with Gasteiger partial charge in [-0.25, -0.2) is 0 Å². The molecule has 0 saturated heterocycles. The Morgan fingerprint density at radius 1 is 1.21 bits per heavy atom. The number of nitrogens with zero attached hydrogens (tertiary/aromatic N) is 1. The fourth-order valence-electron chi connectivity index (χ4n) is 2.49. The zero-order valence-electron chi connectivity index (χ0n) is 13.7. The maximum atomic E-state index is 3.25. The number of rotatable bonds is 5. The Morgan fingerprint density at radius 3 is 2.26 bits per heavy atom. The van der Waals surface area contributed by atoms with Crippen LogP contribution in [0, 0.1) is 6.92 Å². The van der Waals surface area contributed by atoms with Crippen molar-refractivity contribution in [2.75, 3.05) is 27.7 Å². The Hall–Kier alpha value is -0.860. The van der Waals surface area contributed by atoms with Crippen molar-refractivity contribution < 1.29 is 0 Å². The maximum Gasteiger partial charge on any atom is 0.0356 e. The molecule has 1 rings (SSSR count). The van der Waals surface area contributed by atoms with Crippen molar-refractivity contribution in [1.82, 2.24) is 10.2 Å². The van der Waals surface area contributed by atoms with Gasteiger partial charge in [0.25, 0.3) is 0 Å². The lowest BCUT2D eigenvalue weighted by Gasteiger charge is -2.28. The first-order chi connectivity index (χ1) is 8.77. The predicted octanol–water partition coefficient (Wildman–Crippen LogP) is 3.50. The minimum atomic E-state index is 0.224. The van der Waals surface area contributed by atoms with Crippen LogP contribution in [0.15, 0.2) is 18.2 Å². The van der Waals surface area contributed by atoms with Crippen molar-refractivity contribution in [2.45, 2.75) is 45.6 Å². The van der Waals surface area contributed by atoms with Gasteiger partial charge in [-0.3, -0.25) is 0 Å². The molecule has 0 heterocycles. The van der Waals surface area contributed by atoms with Gasteiger partial charge in [0.05, 0.1) is 0 Å². The van der Waals surface area contributed by atoms with Crippen LogP contribution in [0.2, 0.25) is 0 Å². The summed E-state index contributed by atoms with van der Waals surface area (Å²) in [5.41, 5.74) is 4.50. The van der Waals surface area contributed by atoms with E-state index in [2.05, 4.69) is 70.2 Å². The summed E-state index contributed by atoms with van der Waals surface area (Å²) in [4.78, 5) is 2.32. The van der Waals surface area contributed by atoms with Gasteiger partial charge >= 0.3 is 0 Å². The van der Waals surface area contributed by atoms with Crippen molar-refractivity contribution in [3.63, 3.8) is 0 Å². The summed E-state index contributed by atoms with van der Waals surface area (Å²) in [5, 5.41) is 3.25. The molecule has 0 amide bonds. The van der Waals surface area contributed by atoms with Crippen LogP contribution in [0.4, 0.5) is 0 Å². The van der Waals surface area contributed by atoms with E-state index in [-0.39, 0.29) is 5.41 Å². The van der Waals surface area contributed by atoms with Gasteiger partial charge in [-0.1, -0.05) is 39.0 Å². The summed E-state index contributed by atoms with van der Waals surface area (Å²) in [6.07, 6.45) is 1.14. The molecule has 1 aromatic rings. The van der Waals surface area contributed by atoms with E-state index in [1.54, 1.807) is 0 Å². The molecule has 0 spiro atoms. The molecule has 1 N–H and O–H groups in total. The molecule has 2 nitrogen and oxygen atoms in total. The number of hydrogen-bond donors (Lipinski definition) is 1. The predicted molar refractivity (Wildman–Crippen MR) is 84.9 cm³/mol. The first-order valence-corrected chi connectivity index (χ1v) is 7.19. The lowest BCUT2D eigenvalue weighted by molar-refractivity contribution is 0.282. The molecular weight excluding hydrogens is 232 g/mol. The van der Waals surface area contributed by atoms with Gasteiger partial charge < -0.3 is 10.2 Å². The summed E-state index contributed by atoms with van der Waals surface area (Å²) < 4.78 is 0. The summed E-state index contributed by atoms with van der Waals surface area (Å²) in [5.74, 6) is 0. The summed E-state index contributed by atoms with van der Waals surface area (Å²) in [6, 6.07) is 7.45. The first kappa shape index (κ1) is 16.2. The molecule has 0 aliphatic heterocycles. The second-order valence-corrected chi connectivity index (χ2v) is 6.69. The zero-order chi connectivity index (χ0) is 14.6. The fraction of sp³-hybridized carbons (Fsp3) is 0.647. The molecule has 108 valence electrons. The van der Waals surface area contributed by atoms with Crippen LogP contribution in [0.3, 0.4) is 0 Å². The third kappa shape index (κ3) is 4.32. The summed E-state index contributed by atoms with van der Waals surface area (Å²) in [7, 11) is 6.34. The van der Waals surface area contributed by atoms with E-state index in [0.717, 1.165) is 13.0 Å². The third-order valence-electron chi connectivity index (χ3n) is 3.79. The first-order valence-electron chi connectivity index (χ1n) is 7.19. The molecule has 1 unspecified atom stereocenters. The van der Waals surface area contributed by atoms with Gasteiger partial charge in [0.2, 0.25) is 0 Å². The molecule has 0 saturated carbocycles. The van der Waals surface area contributed by atoms with E-state index >= 15 is 0 Å². The smallest absolute Gasteiger partial charge is 0.0356 e. The molecule has 0 bridgehead atoms. The minimum absolute atomic E-state index is 0.224. The van der Waals surface area contributed by atoms with Gasteiger partial charge in [0, 0.05) is 6.04 Å². The normalized spacial score (nSPS) is 13.9. The van der Waals surface area contributed by atoms with Crippen LogP contribution < -0.4 is 5.32 Å².